The SMILES string of the molecule is C#CCS(=O)(=O)C1CCCCC1. The zero-order valence-electron chi connectivity index (χ0n) is 7.12. The van der Waals surface area contributed by atoms with Crippen molar-refractivity contribution in [1.82, 2.24) is 0 Å². The number of hydrogen-bond acceptors (Lipinski definition) is 2. The van der Waals surface area contributed by atoms with Gasteiger partial charge in [-0.15, -0.1) is 6.42 Å². The summed E-state index contributed by atoms with van der Waals surface area (Å²) in [6.45, 7) is 0. The summed E-state index contributed by atoms with van der Waals surface area (Å²) in [5.74, 6) is 2.13. The Labute approximate surface area is 74.3 Å². The van der Waals surface area contributed by atoms with Crippen LogP contribution in [-0.4, -0.2) is 19.4 Å². The third kappa shape index (κ3) is 2.25. The van der Waals surface area contributed by atoms with Gasteiger partial charge >= 0.3 is 0 Å². The second-order valence-electron chi connectivity index (χ2n) is 3.27. The van der Waals surface area contributed by atoms with Crippen LogP contribution in [0.5, 0.6) is 0 Å². The van der Waals surface area contributed by atoms with Crippen LogP contribution in [0.2, 0.25) is 0 Å². The van der Waals surface area contributed by atoms with Gasteiger partial charge in [0.1, 0.15) is 5.75 Å². The summed E-state index contributed by atoms with van der Waals surface area (Å²) in [6, 6.07) is 0. The topological polar surface area (TPSA) is 34.1 Å². The fourth-order valence-electron chi connectivity index (χ4n) is 1.66. The van der Waals surface area contributed by atoms with Gasteiger partial charge in [0.25, 0.3) is 0 Å². The van der Waals surface area contributed by atoms with Gasteiger partial charge in [0, 0.05) is 0 Å². The van der Waals surface area contributed by atoms with Crippen LogP contribution in [0.15, 0.2) is 0 Å². The average Bonchev–Trinajstić information content (AvgIpc) is 2.06. The van der Waals surface area contributed by atoms with Crippen molar-refractivity contribution in [2.24, 2.45) is 0 Å². The fraction of sp³-hybridized carbons (Fsp3) is 0.778. The summed E-state index contributed by atoms with van der Waals surface area (Å²) in [6.07, 6.45) is 9.85. The first-order valence-electron chi connectivity index (χ1n) is 4.32. The maximum Gasteiger partial charge on any atom is 0.164 e. The van der Waals surface area contributed by atoms with Gasteiger partial charge in [-0.25, -0.2) is 8.42 Å². The van der Waals surface area contributed by atoms with Gasteiger partial charge in [0.15, 0.2) is 9.84 Å². The van der Waals surface area contributed by atoms with Crippen LogP contribution < -0.4 is 0 Å². The van der Waals surface area contributed by atoms with E-state index in [4.69, 9.17) is 6.42 Å². The van der Waals surface area contributed by atoms with Crippen molar-refractivity contribution in [2.75, 3.05) is 5.75 Å². The quantitative estimate of drug-likeness (QED) is 0.610. The van der Waals surface area contributed by atoms with Crippen molar-refractivity contribution in [3.8, 4) is 12.3 Å². The van der Waals surface area contributed by atoms with E-state index in [9.17, 15) is 8.42 Å². The first-order valence-corrected chi connectivity index (χ1v) is 6.03. The molecule has 3 heteroatoms. The highest BCUT2D eigenvalue weighted by atomic mass is 32.2. The maximum atomic E-state index is 11.4. The Bertz CT molecular complexity index is 265. The van der Waals surface area contributed by atoms with Crippen LogP contribution in [0.3, 0.4) is 0 Å². The van der Waals surface area contributed by atoms with Gasteiger partial charge in [-0.05, 0) is 12.8 Å². The smallest absolute Gasteiger partial charge is 0.164 e. The van der Waals surface area contributed by atoms with Gasteiger partial charge in [0.05, 0.1) is 5.25 Å². The molecule has 0 spiro atoms. The van der Waals surface area contributed by atoms with Crippen molar-refractivity contribution < 1.29 is 8.42 Å². The zero-order valence-corrected chi connectivity index (χ0v) is 7.94. The van der Waals surface area contributed by atoms with Crippen LogP contribution in [0.1, 0.15) is 32.1 Å². The second kappa shape index (κ2) is 3.95. The predicted octanol–water partition coefficient (Wildman–Crippen LogP) is 1.37. The molecule has 0 heterocycles. The summed E-state index contributed by atoms with van der Waals surface area (Å²) < 4.78 is 22.9. The molecule has 0 aromatic carbocycles. The zero-order chi connectivity index (χ0) is 9.03. The normalized spacial score (nSPS) is 20.2. The Morgan fingerprint density at radius 3 is 2.33 bits per heavy atom. The number of sulfone groups is 1. The van der Waals surface area contributed by atoms with E-state index in [2.05, 4.69) is 5.92 Å². The molecular formula is C9H14O2S. The number of rotatable bonds is 2. The summed E-state index contributed by atoms with van der Waals surface area (Å²) >= 11 is 0. The lowest BCUT2D eigenvalue weighted by Crippen LogP contribution is -2.25. The Morgan fingerprint density at radius 1 is 1.25 bits per heavy atom. The molecule has 0 unspecified atom stereocenters. The Morgan fingerprint density at radius 2 is 1.83 bits per heavy atom. The first-order chi connectivity index (χ1) is 5.67. The Kier molecular flexibility index (Phi) is 3.16. The molecular weight excluding hydrogens is 172 g/mol. The number of hydrogen-bond donors (Lipinski definition) is 0. The van der Waals surface area contributed by atoms with Crippen molar-refractivity contribution in [2.45, 2.75) is 37.4 Å². The molecule has 0 bridgehead atoms. The van der Waals surface area contributed by atoms with Gasteiger partial charge in [-0.2, -0.15) is 0 Å². The van der Waals surface area contributed by atoms with Gasteiger partial charge in [-0.1, -0.05) is 25.2 Å². The molecule has 0 aromatic rings. The molecule has 0 aromatic heterocycles. The monoisotopic (exact) mass is 186 g/mol. The van der Waals surface area contributed by atoms with Crippen LogP contribution in [0.4, 0.5) is 0 Å². The van der Waals surface area contributed by atoms with E-state index in [1.54, 1.807) is 0 Å². The largest absolute Gasteiger partial charge is 0.228 e. The third-order valence-corrected chi connectivity index (χ3v) is 4.40. The molecule has 0 amide bonds. The summed E-state index contributed by atoms with van der Waals surface area (Å²) in [4.78, 5) is 0. The standard InChI is InChI=1S/C9H14O2S/c1-2-8-12(10,11)9-6-4-3-5-7-9/h1,9H,3-8H2. The first kappa shape index (κ1) is 9.60. The summed E-state index contributed by atoms with van der Waals surface area (Å²) in [5, 5.41) is -0.151. The third-order valence-electron chi connectivity index (χ3n) is 2.34. The highest BCUT2D eigenvalue weighted by Crippen LogP contribution is 2.23. The van der Waals surface area contributed by atoms with Crippen LogP contribution in [0.25, 0.3) is 0 Å². The van der Waals surface area contributed by atoms with Crippen molar-refractivity contribution in [3.05, 3.63) is 0 Å². The molecule has 0 radical (unpaired) electrons. The molecule has 1 rings (SSSR count). The van der Waals surface area contributed by atoms with Gasteiger partial charge < -0.3 is 0 Å². The van der Waals surface area contributed by atoms with E-state index < -0.39 is 9.84 Å². The minimum atomic E-state index is -2.97. The second-order valence-corrected chi connectivity index (χ2v) is 5.55. The van der Waals surface area contributed by atoms with Crippen LogP contribution >= 0.6 is 0 Å². The van der Waals surface area contributed by atoms with E-state index in [0.29, 0.717) is 0 Å². The Hall–Kier alpha value is -0.490. The fourth-order valence-corrected chi connectivity index (χ4v) is 3.18. The van der Waals surface area contributed by atoms with E-state index >= 15 is 0 Å². The summed E-state index contributed by atoms with van der Waals surface area (Å²) in [5.41, 5.74) is 0. The highest BCUT2D eigenvalue weighted by Gasteiger charge is 2.25. The van der Waals surface area contributed by atoms with Gasteiger partial charge in [-0.3, -0.25) is 0 Å². The van der Waals surface area contributed by atoms with Crippen molar-refractivity contribution in [3.63, 3.8) is 0 Å². The molecule has 12 heavy (non-hydrogen) atoms. The molecule has 68 valence electrons. The van der Waals surface area contributed by atoms with Crippen LogP contribution in [0, 0.1) is 12.3 Å². The molecule has 1 fully saturated rings. The Balaban J connectivity index is 2.62. The molecule has 0 atom stereocenters. The van der Waals surface area contributed by atoms with Crippen LogP contribution in [-0.2, 0) is 9.84 Å². The molecule has 0 N–H and O–H groups in total. The molecule has 0 saturated heterocycles. The summed E-state index contributed by atoms with van der Waals surface area (Å²) in [7, 11) is -2.97. The molecule has 1 aliphatic carbocycles. The molecule has 1 aliphatic rings. The molecule has 0 aliphatic heterocycles. The van der Waals surface area contributed by atoms with E-state index in [-0.39, 0.29) is 11.0 Å². The predicted molar refractivity (Wildman–Crippen MR) is 49.5 cm³/mol. The lowest BCUT2D eigenvalue weighted by molar-refractivity contribution is 0.485. The lowest BCUT2D eigenvalue weighted by Gasteiger charge is -2.20. The minimum absolute atomic E-state index is 0.0856. The highest BCUT2D eigenvalue weighted by molar-refractivity contribution is 7.92. The average molecular weight is 186 g/mol. The minimum Gasteiger partial charge on any atom is -0.228 e. The van der Waals surface area contributed by atoms with Crippen molar-refractivity contribution >= 4 is 9.84 Å². The number of terminal acetylenes is 1. The van der Waals surface area contributed by atoms with E-state index in [1.807, 2.05) is 0 Å². The maximum absolute atomic E-state index is 11.4. The van der Waals surface area contributed by atoms with E-state index in [1.165, 1.54) is 6.42 Å². The van der Waals surface area contributed by atoms with E-state index in [0.717, 1.165) is 25.7 Å². The van der Waals surface area contributed by atoms with Gasteiger partial charge in [0.2, 0.25) is 0 Å². The molecule has 1 saturated carbocycles. The molecule has 2 nitrogen and oxygen atoms in total. The lowest BCUT2D eigenvalue weighted by atomic mass is 10.0. The van der Waals surface area contributed by atoms with Crippen molar-refractivity contribution in [1.29, 1.82) is 0 Å².